The van der Waals surface area contributed by atoms with Gasteiger partial charge in [-0.25, -0.2) is 0 Å². The van der Waals surface area contributed by atoms with Crippen molar-refractivity contribution in [3.8, 4) is 0 Å². The van der Waals surface area contributed by atoms with Crippen molar-refractivity contribution in [1.29, 1.82) is 0 Å². The number of hydrogen-bond acceptors (Lipinski definition) is 3. The molecule has 0 aliphatic carbocycles. The van der Waals surface area contributed by atoms with Crippen LogP contribution in [0.15, 0.2) is 23.7 Å². The van der Waals surface area contributed by atoms with E-state index in [-0.39, 0.29) is 0 Å². The van der Waals surface area contributed by atoms with Crippen LogP contribution < -0.4 is 0 Å². The van der Waals surface area contributed by atoms with Gasteiger partial charge >= 0.3 is 12.4 Å². The fourth-order valence-corrected chi connectivity index (χ4v) is 0.480. The summed E-state index contributed by atoms with van der Waals surface area (Å²) in [6, 6.07) is 0. The molecule has 0 aromatic heterocycles. The van der Waals surface area contributed by atoms with Crippen molar-refractivity contribution in [1.82, 2.24) is 0 Å². The summed E-state index contributed by atoms with van der Waals surface area (Å²) in [6.45, 7) is 0. The summed E-state index contributed by atoms with van der Waals surface area (Å²) >= 11 is 0. The third kappa shape index (κ3) is 4.71. The minimum Gasteiger partial charge on any atom is -0.508 e. The first-order valence-corrected chi connectivity index (χ1v) is 3.44. The van der Waals surface area contributed by atoms with Crippen LogP contribution in [-0.4, -0.2) is 28.3 Å². The van der Waals surface area contributed by atoms with Crippen molar-refractivity contribution >= 4 is 5.78 Å². The van der Waals surface area contributed by atoms with Crippen molar-refractivity contribution in [3.05, 3.63) is 23.7 Å². The van der Waals surface area contributed by atoms with Crippen LogP contribution >= 0.6 is 0 Å². The number of aliphatic hydroxyl groups excluding tert-OH is 2. The molecule has 0 radical (unpaired) electrons. The molecule has 2 N–H and O–H groups in total. The van der Waals surface area contributed by atoms with Crippen molar-refractivity contribution in [2.24, 2.45) is 0 Å². The highest BCUT2D eigenvalue weighted by Gasteiger charge is 2.37. The fourth-order valence-electron chi connectivity index (χ4n) is 0.480. The third-order valence-electron chi connectivity index (χ3n) is 1.13. The van der Waals surface area contributed by atoms with Crippen molar-refractivity contribution in [2.45, 2.75) is 12.4 Å². The number of ketones is 1. The number of aliphatic hydroxyl groups is 2. The molecule has 0 heterocycles. The van der Waals surface area contributed by atoms with Gasteiger partial charge in [0, 0.05) is 12.2 Å². The number of hydrogen-bond donors (Lipinski definition) is 2. The lowest BCUT2D eigenvalue weighted by atomic mass is 10.3. The number of allylic oxidation sites excluding steroid dienone is 3. The average molecular weight is 250 g/mol. The number of halogens is 6. The highest BCUT2D eigenvalue weighted by Crippen LogP contribution is 2.24. The van der Waals surface area contributed by atoms with Crippen molar-refractivity contribution in [3.63, 3.8) is 0 Å². The molecule has 0 saturated carbocycles. The molecule has 0 aliphatic heterocycles. The van der Waals surface area contributed by atoms with E-state index >= 15 is 0 Å². The van der Waals surface area contributed by atoms with Gasteiger partial charge in [-0.3, -0.25) is 4.79 Å². The lowest BCUT2D eigenvalue weighted by Gasteiger charge is -2.04. The fraction of sp³-hybridized carbons (Fsp3) is 0.286. The number of alkyl halides is 6. The highest BCUT2D eigenvalue weighted by atomic mass is 19.4. The van der Waals surface area contributed by atoms with E-state index in [1.807, 2.05) is 0 Å². The Morgan fingerprint density at radius 3 is 1.62 bits per heavy atom. The first-order valence-electron chi connectivity index (χ1n) is 3.44. The summed E-state index contributed by atoms with van der Waals surface area (Å²) < 4.78 is 69.6. The molecule has 0 unspecified atom stereocenters. The summed E-state index contributed by atoms with van der Waals surface area (Å²) in [5.74, 6) is -6.52. The minimum atomic E-state index is -5.31. The van der Waals surface area contributed by atoms with E-state index in [2.05, 4.69) is 0 Å². The van der Waals surface area contributed by atoms with E-state index < -0.39 is 41.8 Å². The third-order valence-corrected chi connectivity index (χ3v) is 1.13. The Morgan fingerprint density at radius 2 is 1.31 bits per heavy atom. The lowest BCUT2D eigenvalue weighted by molar-refractivity contribution is -0.165. The largest absolute Gasteiger partial charge is 0.508 e. The van der Waals surface area contributed by atoms with Gasteiger partial charge in [-0.2, -0.15) is 26.3 Å². The molecule has 16 heavy (non-hydrogen) atoms. The standard InChI is InChI=1S/C7H4F6O3/c8-6(9,10)4(15)1-3(14)2-5(16)7(11,12)13/h1-2,14-15H/b3-2+,4-1-. The molecule has 0 amide bonds. The number of carbonyl (C=O) groups is 1. The Morgan fingerprint density at radius 1 is 0.875 bits per heavy atom. The molecule has 0 aliphatic rings. The van der Waals surface area contributed by atoms with Crippen molar-refractivity contribution in [2.75, 3.05) is 0 Å². The highest BCUT2D eigenvalue weighted by molar-refractivity contribution is 5.94. The Bertz CT molecular complexity index is 335. The van der Waals surface area contributed by atoms with Crippen LogP contribution in [-0.2, 0) is 4.79 Å². The molecular weight excluding hydrogens is 246 g/mol. The maximum atomic E-state index is 11.6. The molecule has 0 saturated heterocycles. The molecule has 0 atom stereocenters. The molecule has 0 bridgehead atoms. The van der Waals surface area contributed by atoms with E-state index in [0.29, 0.717) is 0 Å². The Balaban J connectivity index is 4.91. The monoisotopic (exact) mass is 250 g/mol. The van der Waals surface area contributed by atoms with Gasteiger partial charge in [-0.15, -0.1) is 0 Å². The van der Waals surface area contributed by atoms with E-state index in [4.69, 9.17) is 10.2 Å². The quantitative estimate of drug-likeness (QED) is 0.342. The van der Waals surface area contributed by atoms with Crippen molar-refractivity contribution < 1.29 is 41.4 Å². The Labute approximate surface area is 84.3 Å². The van der Waals surface area contributed by atoms with Crippen LogP contribution in [0.25, 0.3) is 0 Å². The van der Waals surface area contributed by atoms with Crippen LogP contribution in [0, 0.1) is 0 Å². The maximum Gasteiger partial charge on any atom is 0.454 e. The van der Waals surface area contributed by atoms with Gasteiger partial charge in [-0.1, -0.05) is 0 Å². The van der Waals surface area contributed by atoms with Gasteiger partial charge in [0.05, 0.1) is 0 Å². The van der Waals surface area contributed by atoms with E-state index in [0.717, 1.165) is 0 Å². The van der Waals surface area contributed by atoms with E-state index in [9.17, 15) is 31.1 Å². The van der Waals surface area contributed by atoms with Gasteiger partial charge < -0.3 is 10.2 Å². The minimum absolute atomic E-state index is 0.413. The van der Waals surface area contributed by atoms with Crippen LogP contribution in [0.5, 0.6) is 0 Å². The van der Waals surface area contributed by atoms with E-state index in [1.165, 1.54) is 0 Å². The number of carbonyl (C=O) groups excluding carboxylic acids is 1. The summed E-state index contributed by atoms with van der Waals surface area (Å²) in [5, 5.41) is 16.7. The Kier molecular flexibility index (Phi) is 3.99. The molecule has 3 nitrogen and oxygen atoms in total. The summed E-state index contributed by atoms with van der Waals surface area (Å²) in [7, 11) is 0. The van der Waals surface area contributed by atoms with Crippen LogP contribution in [0.1, 0.15) is 0 Å². The first kappa shape index (κ1) is 14.3. The second-order valence-electron chi connectivity index (χ2n) is 2.46. The topological polar surface area (TPSA) is 57.5 Å². The lowest BCUT2D eigenvalue weighted by Crippen LogP contribution is -2.20. The van der Waals surface area contributed by atoms with Gasteiger partial charge in [0.15, 0.2) is 0 Å². The summed E-state index contributed by atoms with van der Waals surface area (Å²) in [4.78, 5) is 10.2. The van der Waals surface area contributed by atoms with Crippen LogP contribution in [0.2, 0.25) is 0 Å². The summed E-state index contributed by atoms with van der Waals surface area (Å²) in [5.41, 5.74) is 0. The zero-order valence-electron chi connectivity index (χ0n) is 7.23. The van der Waals surface area contributed by atoms with Crippen LogP contribution in [0.3, 0.4) is 0 Å². The van der Waals surface area contributed by atoms with Gasteiger partial charge in [0.2, 0.25) is 5.76 Å². The predicted molar refractivity (Wildman–Crippen MR) is 38.5 cm³/mol. The first-order chi connectivity index (χ1) is 6.94. The number of rotatable bonds is 2. The second-order valence-corrected chi connectivity index (χ2v) is 2.46. The zero-order valence-corrected chi connectivity index (χ0v) is 7.23. The normalized spacial score (nSPS) is 15.1. The van der Waals surface area contributed by atoms with Crippen LogP contribution in [0.4, 0.5) is 26.3 Å². The molecule has 0 aromatic rings. The molecule has 92 valence electrons. The second kappa shape index (κ2) is 4.45. The molecular formula is C7H4F6O3. The van der Waals surface area contributed by atoms with Gasteiger partial charge in [0.1, 0.15) is 5.76 Å². The smallest absolute Gasteiger partial charge is 0.454 e. The molecule has 0 rings (SSSR count). The maximum absolute atomic E-state index is 11.6. The summed E-state index contributed by atoms with van der Waals surface area (Å²) in [6.07, 6.45) is -11.4. The Hall–Kier alpha value is -1.67. The molecule has 0 spiro atoms. The molecule has 9 heteroatoms. The van der Waals surface area contributed by atoms with E-state index in [1.54, 1.807) is 0 Å². The zero-order chi connectivity index (χ0) is 13.1. The van der Waals surface area contributed by atoms with Gasteiger partial charge in [0.25, 0.3) is 5.78 Å². The predicted octanol–water partition coefficient (Wildman–Crippen LogP) is 2.56. The van der Waals surface area contributed by atoms with Gasteiger partial charge in [-0.05, 0) is 0 Å². The SMILES string of the molecule is O=C(/C=C(O)\C=C(/O)C(F)(F)F)C(F)(F)F. The molecule has 0 aromatic carbocycles. The molecule has 0 fully saturated rings. The average Bonchev–Trinajstić information content (AvgIpc) is 1.99.